The molecule has 29 heavy (non-hydrogen) atoms. The molecule has 1 N–H and O–H groups in total. The molecule has 0 aliphatic carbocycles. The normalized spacial score (nSPS) is 15.3. The van der Waals surface area contributed by atoms with Crippen molar-refractivity contribution in [1.82, 2.24) is 15.2 Å². The van der Waals surface area contributed by atoms with Crippen molar-refractivity contribution in [2.24, 2.45) is 5.92 Å². The number of thiophene rings is 1. The fraction of sp³-hybridized carbons (Fsp3) is 0.364. The smallest absolute Gasteiger partial charge is 0.270 e. The summed E-state index contributed by atoms with van der Waals surface area (Å²) in [5.41, 5.74) is 1.83. The standard InChI is InChI=1S/C22H25N3O2S2/c1-27-18-6-4-17(5-7-18)14-25-10-8-16(9-11-25)13-23-21(26)19-15-29-22(24-19)20-3-2-12-28-20/h2-7,12,15-16H,8-11,13-14H2,1H3,(H,23,26). The molecule has 4 rings (SSSR count). The van der Waals surface area contributed by atoms with Gasteiger partial charge in [0.2, 0.25) is 0 Å². The number of amides is 1. The predicted molar refractivity (Wildman–Crippen MR) is 119 cm³/mol. The van der Waals surface area contributed by atoms with Gasteiger partial charge in [0.05, 0.1) is 12.0 Å². The molecule has 0 unspecified atom stereocenters. The average Bonchev–Trinajstić information content (AvgIpc) is 3.45. The molecule has 0 spiro atoms. The van der Waals surface area contributed by atoms with Crippen LogP contribution in [-0.2, 0) is 6.54 Å². The zero-order valence-electron chi connectivity index (χ0n) is 16.5. The van der Waals surface area contributed by atoms with Crippen LogP contribution in [0.5, 0.6) is 5.75 Å². The van der Waals surface area contributed by atoms with E-state index < -0.39 is 0 Å². The monoisotopic (exact) mass is 427 g/mol. The molecule has 152 valence electrons. The first-order valence-corrected chi connectivity index (χ1v) is 11.6. The molecule has 3 aromatic rings. The highest BCUT2D eigenvalue weighted by molar-refractivity contribution is 7.20. The number of thiazole rings is 1. The third kappa shape index (κ3) is 5.23. The number of piperidine rings is 1. The van der Waals surface area contributed by atoms with Crippen molar-refractivity contribution < 1.29 is 9.53 Å². The van der Waals surface area contributed by atoms with Crippen molar-refractivity contribution in [3.8, 4) is 15.6 Å². The summed E-state index contributed by atoms with van der Waals surface area (Å²) >= 11 is 3.17. The fourth-order valence-corrected chi connectivity index (χ4v) is 5.17. The lowest BCUT2D eigenvalue weighted by Gasteiger charge is -2.32. The Labute approximate surface area is 179 Å². The minimum Gasteiger partial charge on any atom is -0.497 e. The summed E-state index contributed by atoms with van der Waals surface area (Å²) in [5, 5.41) is 7.87. The second-order valence-corrected chi connectivity index (χ2v) is 9.10. The SMILES string of the molecule is COc1ccc(CN2CCC(CNC(=O)c3csc(-c4cccs4)n3)CC2)cc1. The maximum absolute atomic E-state index is 12.4. The highest BCUT2D eigenvalue weighted by Crippen LogP contribution is 2.28. The molecule has 1 aromatic carbocycles. The third-order valence-corrected chi connectivity index (χ3v) is 7.17. The topological polar surface area (TPSA) is 54.5 Å². The Balaban J connectivity index is 1.21. The zero-order valence-corrected chi connectivity index (χ0v) is 18.1. The molecule has 0 bridgehead atoms. The molecular weight excluding hydrogens is 402 g/mol. The van der Waals surface area contributed by atoms with Gasteiger partial charge in [0.1, 0.15) is 16.5 Å². The summed E-state index contributed by atoms with van der Waals surface area (Å²) in [6.07, 6.45) is 2.21. The summed E-state index contributed by atoms with van der Waals surface area (Å²) in [7, 11) is 1.69. The first-order chi connectivity index (χ1) is 14.2. The predicted octanol–water partition coefficient (Wildman–Crippen LogP) is 4.52. The van der Waals surface area contributed by atoms with Gasteiger partial charge < -0.3 is 10.1 Å². The van der Waals surface area contributed by atoms with Crippen LogP contribution >= 0.6 is 22.7 Å². The Morgan fingerprint density at radius 2 is 2.00 bits per heavy atom. The van der Waals surface area contributed by atoms with Crippen LogP contribution in [-0.4, -0.2) is 42.5 Å². The Hall–Kier alpha value is -2.22. The first kappa shape index (κ1) is 20.1. The van der Waals surface area contributed by atoms with Crippen LogP contribution in [0.2, 0.25) is 0 Å². The maximum atomic E-state index is 12.4. The van der Waals surface area contributed by atoms with Crippen molar-refractivity contribution in [3.63, 3.8) is 0 Å². The molecular formula is C22H25N3O2S2. The van der Waals surface area contributed by atoms with E-state index >= 15 is 0 Å². The molecule has 0 atom stereocenters. The second kappa shape index (κ2) is 9.52. The van der Waals surface area contributed by atoms with Crippen molar-refractivity contribution in [2.75, 3.05) is 26.7 Å². The number of hydrogen-bond donors (Lipinski definition) is 1. The van der Waals surface area contributed by atoms with Gasteiger partial charge >= 0.3 is 0 Å². The van der Waals surface area contributed by atoms with Gasteiger partial charge in [0.15, 0.2) is 0 Å². The van der Waals surface area contributed by atoms with Gasteiger partial charge in [-0.2, -0.15) is 0 Å². The zero-order chi connectivity index (χ0) is 20.1. The lowest BCUT2D eigenvalue weighted by molar-refractivity contribution is 0.0931. The number of aromatic nitrogens is 1. The van der Waals surface area contributed by atoms with E-state index in [1.54, 1.807) is 18.4 Å². The minimum absolute atomic E-state index is 0.0651. The van der Waals surface area contributed by atoms with Gasteiger partial charge in [0.25, 0.3) is 5.91 Å². The van der Waals surface area contributed by atoms with Crippen LogP contribution in [0.15, 0.2) is 47.2 Å². The Kier molecular flexibility index (Phi) is 6.59. The van der Waals surface area contributed by atoms with E-state index in [1.165, 1.54) is 16.9 Å². The van der Waals surface area contributed by atoms with E-state index in [0.29, 0.717) is 11.6 Å². The van der Waals surface area contributed by atoms with Gasteiger partial charge in [-0.1, -0.05) is 18.2 Å². The number of methoxy groups -OCH3 is 1. The lowest BCUT2D eigenvalue weighted by Crippen LogP contribution is -2.38. The van der Waals surface area contributed by atoms with E-state index in [0.717, 1.165) is 54.7 Å². The van der Waals surface area contributed by atoms with E-state index in [9.17, 15) is 4.79 Å². The number of carbonyl (C=O) groups is 1. The van der Waals surface area contributed by atoms with E-state index in [1.807, 2.05) is 35.0 Å². The molecule has 2 aromatic heterocycles. The number of likely N-dealkylation sites (tertiary alicyclic amines) is 1. The quantitative estimate of drug-likeness (QED) is 0.602. The molecule has 7 heteroatoms. The highest BCUT2D eigenvalue weighted by Gasteiger charge is 2.21. The van der Waals surface area contributed by atoms with Crippen LogP contribution in [0.1, 0.15) is 28.9 Å². The number of rotatable bonds is 7. The number of benzene rings is 1. The van der Waals surface area contributed by atoms with Crippen LogP contribution in [0.4, 0.5) is 0 Å². The van der Waals surface area contributed by atoms with Gasteiger partial charge in [-0.3, -0.25) is 9.69 Å². The van der Waals surface area contributed by atoms with Crippen molar-refractivity contribution in [3.05, 3.63) is 58.4 Å². The van der Waals surface area contributed by atoms with Gasteiger partial charge in [0, 0.05) is 18.5 Å². The summed E-state index contributed by atoms with van der Waals surface area (Å²) < 4.78 is 5.22. The van der Waals surface area contributed by atoms with Crippen molar-refractivity contribution in [1.29, 1.82) is 0 Å². The Morgan fingerprint density at radius 1 is 1.21 bits per heavy atom. The molecule has 0 saturated carbocycles. The Bertz CT molecular complexity index is 914. The van der Waals surface area contributed by atoms with Crippen LogP contribution in [0, 0.1) is 5.92 Å². The largest absolute Gasteiger partial charge is 0.497 e. The summed E-state index contributed by atoms with van der Waals surface area (Å²) in [6, 6.07) is 12.3. The van der Waals surface area contributed by atoms with E-state index in [-0.39, 0.29) is 5.91 Å². The minimum atomic E-state index is -0.0651. The van der Waals surface area contributed by atoms with Crippen molar-refractivity contribution in [2.45, 2.75) is 19.4 Å². The first-order valence-electron chi connectivity index (χ1n) is 9.84. The van der Waals surface area contributed by atoms with Gasteiger partial charge in [-0.25, -0.2) is 4.98 Å². The lowest BCUT2D eigenvalue weighted by atomic mass is 9.96. The molecule has 1 aliphatic rings. The molecule has 5 nitrogen and oxygen atoms in total. The van der Waals surface area contributed by atoms with Crippen LogP contribution in [0.25, 0.3) is 9.88 Å². The molecule has 3 heterocycles. The number of nitrogens with zero attached hydrogens (tertiary/aromatic N) is 2. The van der Waals surface area contributed by atoms with E-state index in [2.05, 4.69) is 27.3 Å². The number of hydrogen-bond acceptors (Lipinski definition) is 6. The molecule has 1 amide bonds. The summed E-state index contributed by atoms with van der Waals surface area (Å²) in [4.78, 5) is 20.5. The van der Waals surface area contributed by atoms with Gasteiger partial charge in [-0.15, -0.1) is 22.7 Å². The molecule has 1 aliphatic heterocycles. The summed E-state index contributed by atoms with van der Waals surface area (Å²) in [6.45, 7) is 3.81. The summed E-state index contributed by atoms with van der Waals surface area (Å²) in [5.74, 6) is 1.36. The number of carbonyl (C=O) groups excluding carboxylic acids is 1. The maximum Gasteiger partial charge on any atom is 0.270 e. The van der Waals surface area contributed by atoms with Crippen LogP contribution < -0.4 is 10.1 Å². The molecule has 1 fully saturated rings. The second-order valence-electron chi connectivity index (χ2n) is 7.29. The third-order valence-electron chi connectivity index (χ3n) is 5.29. The average molecular weight is 428 g/mol. The number of nitrogens with one attached hydrogen (secondary N) is 1. The molecule has 0 radical (unpaired) electrons. The van der Waals surface area contributed by atoms with E-state index in [4.69, 9.17) is 4.74 Å². The Morgan fingerprint density at radius 3 is 2.69 bits per heavy atom. The number of ether oxygens (including phenoxy) is 1. The fourth-order valence-electron chi connectivity index (χ4n) is 3.56. The van der Waals surface area contributed by atoms with Crippen LogP contribution in [0.3, 0.4) is 0 Å². The molecule has 1 saturated heterocycles. The van der Waals surface area contributed by atoms with Crippen molar-refractivity contribution >= 4 is 28.6 Å². The van der Waals surface area contributed by atoms with Gasteiger partial charge in [-0.05, 0) is 61.0 Å². The highest BCUT2D eigenvalue weighted by atomic mass is 32.1.